The summed E-state index contributed by atoms with van der Waals surface area (Å²) in [5, 5.41) is 3.00. The van der Waals surface area contributed by atoms with Crippen LogP contribution in [0.15, 0.2) is 18.2 Å². The third-order valence-corrected chi connectivity index (χ3v) is 3.64. The highest BCUT2D eigenvalue weighted by Gasteiger charge is 2.18. The number of rotatable bonds is 5. The predicted molar refractivity (Wildman–Crippen MR) is 80.0 cm³/mol. The standard InChI is InChI=1S/C15H23N3O2/c1-11(10-18-8-3-4-9-18)17-15(19)12-6-5-7-13(20-2)14(12)16/h5-7,11H,3-4,8-10,16H2,1-2H3,(H,17,19). The van der Waals surface area contributed by atoms with Gasteiger partial charge in [0.1, 0.15) is 5.75 Å². The first-order valence-corrected chi connectivity index (χ1v) is 7.07. The second-order valence-corrected chi connectivity index (χ2v) is 5.30. The maximum atomic E-state index is 12.3. The summed E-state index contributed by atoms with van der Waals surface area (Å²) < 4.78 is 5.14. The predicted octanol–water partition coefficient (Wildman–Crippen LogP) is 1.49. The fourth-order valence-corrected chi connectivity index (χ4v) is 2.62. The Morgan fingerprint density at radius 3 is 2.80 bits per heavy atom. The number of amides is 1. The smallest absolute Gasteiger partial charge is 0.253 e. The van der Waals surface area contributed by atoms with Gasteiger partial charge in [-0.25, -0.2) is 0 Å². The Morgan fingerprint density at radius 1 is 1.45 bits per heavy atom. The molecule has 1 heterocycles. The summed E-state index contributed by atoms with van der Waals surface area (Å²) in [6.45, 7) is 5.16. The molecule has 0 aliphatic carbocycles. The number of hydrogen-bond donors (Lipinski definition) is 2. The fourth-order valence-electron chi connectivity index (χ4n) is 2.62. The van der Waals surface area contributed by atoms with Gasteiger partial charge in [-0.3, -0.25) is 4.79 Å². The number of anilines is 1. The number of nitrogens with one attached hydrogen (secondary N) is 1. The van der Waals surface area contributed by atoms with Gasteiger partial charge in [0.2, 0.25) is 0 Å². The van der Waals surface area contributed by atoms with Crippen molar-refractivity contribution in [1.82, 2.24) is 10.2 Å². The van der Waals surface area contributed by atoms with Gasteiger partial charge in [-0.2, -0.15) is 0 Å². The van der Waals surface area contributed by atoms with E-state index in [2.05, 4.69) is 10.2 Å². The van der Waals surface area contributed by atoms with Crippen molar-refractivity contribution < 1.29 is 9.53 Å². The van der Waals surface area contributed by atoms with E-state index in [0.29, 0.717) is 17.0 Å². The second-order valence-electron chi connectivity index (χ2n) is 5.30. The molecule has 0 bridgehead atoms. The highest BCUT2D eigenvalue weighted by atomic mass is 16.5. The number of carbonyl (C=O) groups excluding carboxylic acids is 1. The zero-order valence-electron chi connectivity index (χ0n) is 12.2. The molecule has 1 atom stereocenters. The van der Waals surface area contributed by atoms with Crippen molar-refractivity contribution in [3.8, 4) is 5.75 Å². The third kappa shape index (κ3) is 3.42. The number of ether oxygens (including phenoxy) is 1. The minimum absolute atomic E-state index is 0.103. The highest BCUT2D eigenvalue weighted by Crippen LogP contribution is 2.24. The maximum Gasteiger partial charge on any atom is 0.253 e. The molecule has 1 aliphatic heterocycles. The van der Waals surface area contributed by atoms with Crippen LogP contribution in [0.4, 0.5) is 5.69 Å². The number of carbonyl (C=O) groups is 1. The Kier molecular flexibility index (Phi) is 4.84. The van der Waals surface area contributed by atoms with Crippen LogP contribution in [0.2, 0.25) is 0 Å². The van der Waals surface area contributed by atoms with Crippen molar-refractivity contribution >= 4 is 11.6 Å². The molecule has 1 amide bonds. The molecule has 1 unspecified atom stereocenters. The Balaban J connectivity index is 1.97. The van der Waals surface area contributed by atoms with E-state index >= 15 is 0 Å². The molecule has 0 spiro atoms. The molecule has 1 aliphatic rings. The summed E-state index contributed by atoms with van der Waals surface area (Å²) in [4.78, 5) is 14.6. The van der Waals surface area contributed by atoms with Crippen molar-refractivity contribution in [3.05, 3.63) is 23.8 Å². The van der Waals surface area contributed by atoms with Crippen LogP contribution >= 0.6 is 0 Å². The molecule has 2 rings (SSSR count). The summed E-state index contributed by atoms with van der Waals surface area (Å²) >= 11 is 0. The van der Waals surface area contributed by atoms with E-state index < -0.39 is 0 Å². The van der Waals surface area contributed by atoms with Gasteiger partial charge in [0.05, 0.1) is 18.4 Å². The first-order chi connectivity index (χ1) is 9.61. The molecule has 0 aromatic heterocycles. The lowest BCUT2D eigenvalue weighted by atomic mass is 10.1. The zero-order valence-corrected chi connectivity index (χ0v) is 12.2. The van der Waals surface area contributed by atoms with Crippen molar-refractivity contribution in [1.29, 1.82) is 0 Å². The third-order valence-electron chi connectivity index (χ3n) is 3.64. The minimum atomic E-state index is -0.145. The first-order valence-electron chi connectivity index (χ1n) is 7.07. The van der Waals surface area contributed by atoms with Crippen molar-refractivity contribution in [2.45, 2.75) is 25.8 Å². The van der Waals surface area contributed by atoms with Gasteiger partial charge in [0, 0.05) is 12.6 Å². The van der Waals surface area contributed by atoms with E-state index in [4.69, 9.17) is 10.5 Å². The van der Waals surface area contributed by atoms with Crippen molar-refractivity contribution in [3.63, 3.8) is 0 Å². The fraction of sp³-hybridized carbons (Fsp3) is 0.533. The molecule has 1 fully saturated rings. The van der Waals surface area contributed by atoms with Crippen LogP contribution in [0.25, 0.3) is 0 Å². The Bertz CT molecular complexity index is 470. The van der Waals surface area contributed by atoms with E-state index in [1.165, 1.54) is 12.8 Å². The first kappa shape index (κ1) is 14.7. The largest absolute Gasteiger partial charge is 0.495 e. The molecule has 5 nitrogen and oxygen atoms in total. The number of nitrogens with two attached hydrogens (primary N) is 1. The number of nitrogens with zero attached hydrogens (tertiary/aromatic N) is 1. The molecule has 0 radical (unpaired) electrons. The molecule has 3 N–H and O–H groups in total. The molecule has 20 heavy (non-hydrogen) atoms. The number of hydrogen-bond acceptors (Lipinski definition) is 4. The number of methoxy groups -OCH3 is 1. The molecule has 1 aromatic carbocycles. The van der Waals surface area contributed by atoms with Crippen LogP contribution in [-0.4, -0.2) is 43.6 Å². The Morgan fingerprint density at radius 2 is 2.15 bits per heavy atom. The SMILES string of the molecule is COc1cccc(C(=O)NC(C)CN2CCCC2)c1N. The van der Waals surface area contributed by atoms with Crippen LogP contribution in [0.1, 0.15) is 30.1 Å². The van der Waals surface area contributed by atoms with Gasteiger partial charge in [-0.1, -0.05) is 6.07 Å². The van der Waals surface area contributed by atoms with E-state index in [9.17, 15) is 4.79 Å². The number of para-hydroxylation sites is 1. The van der Waals surface area contributed by atoms with Crippen LogP contribution < -0.4 is 15.8 Å². The van der Waals surface area contributed by atoms with Gasteiger partial charge in [-0.15, -0.1) is 0 Å². The molecule has 0 saturated carbocycles. The molecule has 110 valence electrons. The summed E-state index contributed by atoms with van der Waals surface area (Å²) in [5.74, 6) is 0.387. The van der Waals surface area contributed by atoms with Gasteiger partial charge >= 0.3 is 0 Å². The minimum Gasteiger partial charge on any atom is -0.495 e. The van der Waals surface area contributed by atoms with Crippen LogP contribution in [0, 0.1) is 0 Å². The van der Waals surface area contributed by atoms with E-state index in [0.717, 1.165) is 19.6 Å². The molecule has 5 heteroatoms. The van der Waals surface area contributed by atoms with Gasteiger partial charge < -0.3 is 20.7 Å². The average molecular weight is 277 g/mol. The normalized spacial score (nSPS) is 16.9. The van der Waals surface area contributed by atoms with Gasteiger partial charge in [0.15, 0.2) is 0 Å². The van der Waals surface area contributed by atoms with Crippen molar-refractivity contribution in [2.24, 2.45) is 0 Å². The van der Waals surface area contributed by atoms with Crippen LogP contribution in [-0.2, 0) is 0 Å². The Labute approximate surface area is 120 Å². The second kappa shape index (κ2) is 6.61. The lowest BCUT2D eigenvalue weighted by molar-refractivity contribution is 0.0932. The quantitative estimate of drug-likeness (QED) is 0.800. The average Bonchev–Trinajstić information content (AvgIpc) is 2.91. The van der Waals surface area contributed by atoms with Gasteiger partial charge in [0.25, 0.3) is 5.91 Å². The van der Waals surface area contributed by atoms with Gasteiger partial charge in [-0.05, 0) is 45.0 Å². The lowest BCUT2D eigenvalue weighted by Crippen LogP contribution is -2.41. The van der Waals surface area contributed by atoms with E-state index in [1.54, 1.807) is 25.3 Å². The summed E-state index contributed by atoms with van der Waals surface area (Å²) in [6, 6.07) is 5.34. The van der Waals surface area contributed by atoms with E-state index in [-0.39, 0.29) is 11.9 Å². The number of benzene rings is 1. The number of likely N-dealkylation sites (tertiary alicyclic amines) is 1. The maximum absolute atomic E-state index is 12.3. The lowest BCUT2D eigenvalue weighted by Gasteiger charge is -2.21. The summed E-state index contributed by atoms with van der Waals surface area (Å²) in [6.07, 6.45) is 2.51. The van der Waals surface area contributed by atoms with Crippen LogP contribution in [0.3, 0.4) is 0 Å². The monoisotopic (exact) mass is 277 g/mol. The van der Waals surface area contributed by atoms with E-state index in [1.807, 2.05) is 6.92 Å². The number of nitrogen functional groups attached to an aromatic ring is 1. The topological polar surface area (TPSA) is 67.6 Å². The highest BCUT2D eigenvalue weighted by molar-refractivity contribution is 6.00. The Hall–Kier alpha value is -1.75. The molecule has 1 saturated heterocycles. The van der Waals surface area contributed by atoms with Crippen molar-refractivity contribution in [2.75, 3.05) is 32.5 Å². The molecule has 1 aromatic rings. The molecular formula is C15H23N3O2. The molecular weight excluding hydrogens is 254 g/mol. The zero-order chi connectivity index (χ0) is 14.5. The summed E-state index contributed by atoms with van der Waals surface area (Å²) in [5.41, 5.74) is 6.80. The van der Waals surface area contributed by atoms with Crippen LogP contribution in [0.5, 0.6) is 5.75 Å². The summed E-state index contributed by atoms with van der Waals surface area (Å²) in [7, 11) is 1.55.